The zero-order valence-corrected chi connectivity index (χ0v) is 17.2. The van der Waals surface area contributed by atoms with E-state index in [0.717, 1.165) is 5.56 Å². The number of aryl methyl sites for hydroxylation is 1. The molecular weight excluding hydrogens is 407 g/mol. The molecule has 0 saturated heterocycles. The first-order valence-electron chi connectivity index (χ1n) is 9.19. The first-order chi connectivity index (χ1) is 14.5. The highest BCUT2D eigenvalue weighted by Gasteiger charge is 2.12. The predicted octanol–water partition coefficient (Wildman–Crippen LogP) is 3.71. The quantitative estimate of drug-likeness (QED) is 0.358. The van der Waals surface area contributed by atoms with Crippen molar-refractivity contribution in [3.8, 4) is 22.9 Å². The number of nitrogens with one attached hydrogen (secondary N) is 1. The molecule has 30 heavy (non-hydrogen) atoms. The molecule has 0 spiro atoms. The van der Waals surface area contributed by atoms with E-state index < -0.39 is 0 Å². The molecule has 0 radical (unpaired) electrons. The number of fused-ring (bicyclic) bond motifs is 1. The van der Waals surface area contributed by atoms with Gasteiger partial charge in [0.1, 0.15) is 5.82 Å². The van der Waals surface area contributed by atoms with Crippen molar-refractivity contribution < 1.29 is 13.9 Å². The first-order valence-corrected chi connectivity index (χ1v) is 10.2. The Morgan fingerprint density at radius 1 is 1.13 bits per heavy atom. The van der Waals surface area contributed by atoms with Gasteiger partial charge in [0.25, 0.3) is 5.56 Å². The zero-order valence-electron chi connectivity index (χ0n) is 16.4. The number of H-pyrrole nitrogens is 1. The monoisotopic (exact) mass is 426 g/mol. The number of aromatic nitrogens is 4. The Morgan fingerprint density at radius 2 is 2.00 bits per heavy atom. The summed E-state index contributed by atoms with van der Waals surface area (Å²) in [5, 5.41) is 3.21. The molecule has 2 aromatic heterocycles. The van der Waals surface area contributed by atoms with Crippen LogP contribution < -0.4 is 15.0 Å². The summed E-state index contributed by atoms with van der Waals surface area (Å²) in [5.41, 5.74) is 1.74. The average Bonchev–Trinajstić information content (AvgIpc) is 3.12. The van der Waals surface area contributed by atoms with Crippen molar-refractivity contribution in [1.29, 1.82) is 0 Å². The molecule has 0 amide bonds. The van der Waals surface area contributed by atoms with E-state index in [1.54, 1.807) is 19.2 Å². The van der Waals surface area contributed by atoms with Crippen LogP contribution in [0.2, 0.25) is 0 Å². The molecule has 7 nitrogen and oxygen atoms in total. The molecule has 154 valence electrons. The van der Waals surface area contributed by atoms with Crippen LogP contribution in [0.4, 0.5) is 4.39 Å². The number of hydrogen-bond donors (Lipinski definition) is 1. The minimum atomic E-state index is -0.378. The lowest BCUT2D eigenvalue weighted by Crippen LogP contribution is -2.07. The van der Waals surface area contributed by atoms with Crippen LogP contribution in [0.25, 0.3) is 17.0 Å². The van der Waals surface area contributed by atoms with Gasteiger partial charge in [-0.3, -0.25) is 9.89 Å². The van der Waals surface area contributed by atoms with Crippen molar-refractivity contribution in [3.63, 3.8) is 0 Å². The van der Waals surface area contributed by atoms with Crippen LogP contribution in [-0.2, 0) is 0 Å². The fraction of sp³-hybridized carbons (Fsp3) is 0.190. The molecule has 0 saturated carbocycles. The molecule has 0 aliphatic heterocycles. The number of methoxy groups -OCH3 is 1. The molecule has 2 heterocycles. The van der Waals surface area contributed by atoms with Crippen molar-refractivity contribution in [2.75, 3.05) is 19.5 Å². The lowest BCUT2D eigenvalue weighted by molar-refractivity contribution is 0.313. The van der Waals surface area contributed by atoms with Crippen LogP contribution in [0.1, 0.15) is 5.56 Å². The highest BCUT2D eigenvalue weighted by atomic mass is 32.2. The van der Waals surface area contributed by atoms with Gasteiger partial charge in [-0.05, 0) is 36.8 Å². The first kappa shape index (κ1) is 20.0. The minimum Gasteiger partial charge on any atom is -0.493 e. The van der Waals surface area contributed by atoms with Crippen LogP contribution in [0.5, 0.6) is 11.5 Å². The summed E-state index contributed by atoms with van der Waals surface area (Å²) in [5.74, 6) is 1.86. The average molecular weight is 426 g/mol. The lowest BCUT2D eigenvalue weighted by atomic mass is 10.2. The van der Waals surface area contributed by atoms with Gasteiger partial charge < -0.3 is 9.47 Å². The van der Waals surface area contributed by atoms with E-state index in [0.29, 0.717) is 46.1 Å². The van der Waals surface area contributed by atoms with Crippen LogP contribution in [-0.4, -0.2) is 39.1 Å². The van der Waals surface area contributed by atoms with Crippen LogP contribution in [0.3, 0.4) is 0 Å². The third-order valence-corrected chi connectivity index (χ3v) is 5.20. The van der Waals surface area contributed by atoms with Crippen molar-refractivity contribution in [1.82, 2.24) is 19.6 Å². The van der Waals surface area contributed by atoms with E-state index in [-0.39, 0.29) is 11.4 Å². The Hall–Kier alpha value is -3.33. The van der Waals surface area contributed by atoms with E-state index >= 15 is 0 Å². The topological polar surface area (TPSA) is 81.5 Å². The Bertz CT molecular complexity index is 1250. The van der Waals surface area contributed by atoms with Crippen LogP contribution in [0, 0.1) is 12.7 Å². The number of hydrogen-bond acceptors (Lipinski definition) is 6. The zero-order chi connectivity index (χ0) is 21.1. The lowest BCUT2D eigenvalue weighted by Gasteiger charge is -2.11. The van der Waals surface area contributed by atoms with E-state index in [1.807, 2.05) is 25.1 Å². The Kier molecular flexibility index (Phi) is 5.71. The normalized spacial score (nSPS) is 11.0. The van der Waals surface area contributed by atoms with Gasteiger partial charge in [0, 0.05) is 17.4 Å². The summed E-state index contributed by atoms with van der Waals surface area (Å²) in [6, 6.07) is 13.1. The molecule has 4 aromatic rings. The van der Waals surface area contributed by atoms with E-state index in [9.17, 15) is 9.18 Å². The molecule has 0 aliphatic rings. The predicted molar refractivity (Wildman–Crippen MR) is 113 cm³/mol. The van der Waals surface area contributed by atoms with Crippen molar-refractivity contribution in [2.45, 2.75) is 12.1 Å². The highest BCUT2D eigenvalue weighted by Crippen LogP contribution is 2.28. The Morgan fingerprint density at radius 3 is 2.80 bits per heavy atom. The Balaban J connectivity index is 1.54. The number of thioether (sulfide) groups is 1. The van der Waals surface area contributed by atoms with Gasteiger partial charge in [0.2, 0.25) is 0 Å². The number of halogens is 1. The van der Waals surface area contributed by atoms with Crippen LogP contribution >= 0.6 is 11.8 Å². The molecule has 0 unspecified atom stereocenters. The van der Waals surface area contributed by atoms with Gasteiger partial charge >= 0.3 is 0 Å². The standard InChI is InChI=1S/C21H19FN4O3S/c1-13-6-7-16(17(10-13)28-2)29-8-9-30-21-24-20(14-4-3-5-15(22)11-14)23-18-12-19(27)25-26(18)21/h3-7,10-12H,8-9H2,1-2H3,(H,25,27). The third-order valence-electron chi connectivity index (χ3n) is 4.30. The molecule has 0 atom stereocenters. The smallest absolute Gasteiger partial charge is 0.266 e. The molecule has 0 bridgehead atoms. The summed E-state index contributed by atoms with van der Waals surface area (Å²) in [4.78, 5) is 20.7. The second kappa shape index (κ2) is 8.58. The highest BCUT2D eigenvalue weighted by molar-refractivity contribution is 7.99. The fourth-order valence-electron chi connectivity index (χ4n) is 2.92. The molecule has 1 N–H and O–H groups in total. The number of nitrogens with zero attached hydrogens (tertiary/aromatic N) is 3. The van der Waals surface area contributed by atoms with Crippen molar-refractivity contribution in [3.05, 3.63) is 70.3 Å². The molecule has 9 heteroatoms. The summed E-state index contributed by atoms with van der Waals surface area (Å²) < 4.78 is 26.3. The number of ether oxygens (including phenoxy) is 2. The van der Waals surface area contributed by atoms with Gasteiger partial charge in [0.05, 0.1) is 13.7 Å². The Labute approximate surface area is 175 Å². The molecule has 0 fully saturated rings. The summed E-state index contributed by atoms with van der Waals surface area (Å²) in [6.07, 6.45) is 0. The van der Waals surface area contributed by atoms with Gasteiger partial charge in [-0.15, -0.1) is 0 Å². The molecule has 4 rings (SSSR count). The molecule has 2 aromatic carbocycles. The van der Waals surface area contributed by atoms with Crippen LogP contribution in [0.15, 0.2) is 58.5 Å². The summed E-state index contributed by atoms with van der Waals surface area (Å²) >= 11 is 1.39. The van der Waals surface area contributed by atoms with Gasteiger partial charge in [-0.2, -0.15) is 0 Å². The maximum Gasteiger partial charge on any atom is 0.266 e. The van der Waals surface area contributed by atoms with Crippen molar-refractivity contribution in [2.24, 2.45) is 0 Å². The van der Waals surface area contributed by atoms with E-state index in [1.165, 1.54) is 34.5 Å². The summed E-state index contributed by atoms with van der Waals surface area (Å²) in [6.45, 7) is 2.38. The fourth-order valence-corrected chi connectivity index (χ4v) is 3.68. The van der Waals surface area contributed by atoms with Crippen molar-refractivity contribution >= 4 is 17.4 Å². The number of aromatic amines is 1. The number of rotatable bonds is 7. The third kappa shape index (κ3) is 4.30. The maximum atomic E-state index is 13.6. The SMILES string of the molecule is COc1cc(C)ccc1OCCSc1nc(-c2cccc(F)c2)nc2cc(=O)[nH]n12. The second-order valence-electron chi connectivity index (χ2n) is 6.51. The van der Waals surface area contributed by atoms with Gasteiger partial charge in [-0.25, -0.2) is 18.9 Å². The largest absolute Gasteiger partial charge is 0.493 e. The van der Waals surface area contributed by atoms with Gasteiger partial charge in [0.15, 0.2) is 28.1 Å². The molecule has 0 aliphatic carbocycles. The maximum absolute atomic E-state index is 13.6. The minimum absolute atomic E-state index is 0.289. The number of benzene rings is 2. The second-order valence-corrected chi connectivity index (χ2v) is 7.57. The van der Waals surface area contributed by atoms with E-state index in [2.05, 4.69) is 15.1 Å². The molecular formula is C21H19FN4O3S. The van der Waals surface area contributed by atoms with Gasteiger partial charge in [-0.1, -0.05) is 30.0 Å². The summed E-state index contributed by atoms with van der Waals surface area (Å²) in [7, 11) is 1.60. The van der Waals surface area contributed by atoms with E-state index in [4.69, 9.17) is 9.47 Å².